The fraction of sp³-hybridized carbons (Fsp3) is 0. The monoisotopic (exact) mass is 254 g/mol. The molecule has 2 heterocycles. The van der Waals surface area contributed by atoms with Crippen LogP contribution in [0.4, 0.5) is 5.69 Å². The third-order valence-electron chi connectivity index (χ3n) is 2.65. The maximum atomic E-state index is 12.4. The quantitative estimate of drug-likeness (QED) is 0.678. The van der Waals surface area contributed by atoms with Crippen LogP contribution in [0.5, 0.6) is 0 Å². The van der Waals surface area contributed by atoms with Gasteiger partial charge in [-0.2, -0.15) is 0 Å². The van der Waals surface area contributed by atoms with Crippen LogP contribution >= 0.6 is 11.6 Å². The number of nitrogens with zero attached hydrogens (tertiary/aromatic N) is 2. The van der Waals surface area contributed by atoms with Gasteiger partial charge in [-0.05, 0) is 30.4 Å². The van der Waals surface area contributed by atoms with E-state index in [-0.39, 0.29) is 5.43 Å². The maximum Gasteiger partial charge on any atom is 0.214 e. The smallest absolute Gasteiger partial charge is 0.214 e. The molecular formula is C14H7ClN2O. The number of pyridine rings is 1. The number of halogens is 1. The van der Waals surface area contributed by atoms with Gasteiger partial charge in [-0.3, -0.25) is 14.8 Å². The van der Waals surface area contributed by atoms with Crippen molar-refractivity contribution in [3.05, 3.63) is 57.0 Å². The predicted molar refractivity (Wildman–Crippen MR) is 73.7 cm³/mol. The molecule has 0 aliphatic carbocycles. The topological polar surface area (TPSA) is 42.3 Å². The highest BCUT2D eigenvalue weighted by Gasteiger charge is 2.08. The van der Waals surface area contributed by atoms with E-state index in [4.69, 9.17) is 11.6 Å². The molecule has 0 atom stereocenters. The van der Waals surface area contributed by atoms with Crippen molar-refractivity contribution >= 4 is 40.5 Å². The fourth-order valence-corrected chi connectivity index (χ4v) is 1.97. The van der Waals surface area contributed by atoms with Crippen molar-refractivity contribution in [3.8, 4) is 0 Å². The first-order valence-electron chi connectivity index (χ1n) is 5.33. The molecule has 0 saturated carbocycles. The van der Waals surface area contributed by atoms with E-state index >= 15 is 0 Å². The van der Waals surface area contributed by atoms with Gasteiger partial charge in [0.1, 0.15) is 5.69 Å². The van der Waals surface area contributed by atoms with Crippen LogP contribution in [-0.4, -0.2) is 11.2 Å². The van der Waals surface area contributed by atoms with E-state index in [0.29, 0.717) is 21.6 Å². The van der Waals surface area contributed by atoms with E-state index in [1.165, 1.54) is 6.20 Å². The molecular weight excluding hydrogens is 248 g/mol. The zero-order valence-electron chi connectivity index (χ0n) is 9.22. The Balaban J connectivity index is 2.53. The molecule has 1 aliphatic heterocycles. The van der Waals surface area contributed by atoms with E-state index in [0.717, 1.165) is 5.56 Å². The van der Waals surface area contributed by atoms with Gasteiger partial charge in [-0.15, -0.1) is 5.73 Å². The minimum atomic E-state index is -0.176. The lowest BCUT2D eigenvalue weighted by Crippen LogP contribution is -1.99. The van der Waals surface area contributed by atoms with Crippen molar-refractivity contribution in [1.29, 1.82) is 0 Å². The first-order chi connectivity index (χ1) is 8.75. The largest absolute Gasteiger partial charge is 0.287 e. The van der Waals surface area contributed by atoms with Crippen LogP contribution in [0, 0.1) is 0 Å². The second-order valence-corrected chi connectivity index (χ2v) is 4.25. The Hall–Kier alpha value is -2.22. The summed E-state index contributed by atoms with van der Waals surface area (Å²) in [6.07, 6.45) is 6.46. The van der Waals surface area contributed by atoms with Crippen LogP contribution in [0.2, 0.25) is 5.02 Å². The van der Waals surface area contributed by atoms with Crippen molar-refractivity contribution in [3.63, 3.8) is 0 Å². The lowest BCUT2D eigenvalue weighted by Gasteiger charge is -1.93. The van der Waals surface area contributed by atoms with Gasteiger partial charge in [0.15, 0.2) is 0 Å². The van der Waals surface area contributed by atoms with Crippen LogP contribution < -0.4 is 5.43 Å². The standard InChI is InChI=1S/C14H7ClN2O/c15-10-7-11-12(17-8-10)5-4-9-3-1-2-6-16-13(9)14(11)18/h2-8H. The number of aromatic nitrogens is 1. The molecule has 18 heavy (non-hydrogen) atoms. The first kappa shape index (κ1) is 10.9. The summed E-state index contributed by atoms with van der Waals surface area (Å²) in [6.45, 7) is 0. The van der Waals surface area contributed by atoms with Gasteiger partial charge >= 0.3 is 0 Å². The molecule has 0 radical (unpaired) electrons. The average Bonchev–Trinajstić information content (AvgIpc) is 2.66. The Morgan fingerprint density at radius 2 is 2.17 bits per heavy atom. The number of allylic oxidation sites excluding steroid dienone is 1. The minimum absolute atomic E-state index is 0.176. The highest BCUT2D eigenvalue weighted by atomic mass is 35.5. The number of rotatable bonds is 0. The lowest BCUT2D eigenvalue weighted by atomic mass is 10.2. The number of hydrogen-bond acceptors (Lipinski definition) is 3. The van der Waals surface area contributed by atoms with Gasteiger partial charge in [0.25, 0.3) is 0 Å². The van der Waals surface area contributed by atoms with Crippen molar-refractivity contribution in [2.75, 3.05) is 0 Å². The summed E-state index contributed by atoms with van der Waals surface area (Å²) in [5.74, 6) is 0. The fourth-order valence-electron chi connectivity index (χ4n) is 1.81. The number of fused-ring (bicyclic) bond motifs is 2. The van der Waals surface area contributed by atoms with Crippen molar-refractivity contribution in [2.45, 2.75) is 0 Å². The molecule has 0 N–H and O–H groups in total. The Morgan fingerprint density at radius 1 is 1.28 bits per heavy atom. The SMILES string of the molecule is O=c1c2c(ccc3ncc(Cl)cc13)C=C=CC=N2. The molecule has 1 aliphatic rings. The summed E-state index contributed by atoms with van der Waals surface area (Å²) in [5.41, 5.74) is 4.46. The summed E-state index contributed by atoms with van der Waals surface area (Å²) in [5, 5.41) is 0.905. The Bertz CT molecular complexity index is 803. The van der Waals surface area contributed by atoms with Crippen LogP contribution in [-0.2, 0) is 0 Å². The zero-order valence-corrected chi connectivity index (χ0v) is 9.98. The molecule has 0 saturated heterocycles. The number of hydrogen-bond donors (Lipinski definition) is 0. The molecule has 3 rings (SSSR count). The van der Waals surface area contributed by atoms with Gasteiger partial charge < -0.3 is 0 Å². The van der Waals surface area contributed by atoms with Gasteiger partial charge in [0.05, 0.1) is 15.9 Å². The summed E-state index contributed by atoms with van der Waals surface area (Å²) < 4.78 is 0. The third kappa shape index (κ3) is 1.76. The average molecular weight is 255 g/mol. The second kappa shape index (κ2) is 4.22. The second-order valence-electron chi connectivity index (χ2n) is 3.81. The molecule has 0 amide bonds. The van der Waals surface area contributed by atoms with Crippen LogP contribution in [0.3, 0.4) is 0 Å². The van der Waals surface area contributed by atoms with Gasteiger partial charge in [-0.1, -0.05) is 11.6 Å². The molecule has 0 fully saturated rings. The molecule has 0 spiro atoms. The number of aliphatic imine (C=N–C) groups is 1. The van der Waals surface area contributed by atoms with Crippen LogP contribution in [0.25, 0.3) is 17.0 Å². The van der Waals surface area contributed by atoms with Crippen LogP contribution in [0.15, 0.2) is 46.0 Å². The van der Waals surface area contributed by atoms with Crippen molar-refractivity contribution < 1.29 is 0 Å². The van der Waals surface area contributed by atoms with Gasteiger partial charge in [-0.25, -0.2) is 0 Å². The molecule has 0 unspecified atom stereocenters. The van der Waals surface area contributed by atoms with Crippen LogP contribution in [0.1, 0.15) is 5.56 Å². The molecule has 3 nitrogen and oxygen atoms in total. The van der Waals surface area contributed by atoms with E-state index in [2.05, 4.69) is 15.7 Å². The first-order valence-corrected chi connectivity index (χ1v) is 5.71. The lowest BCUT2D eigenvalue weighted by molar-refractivity contribution is 1.41. The molecule has 0 bridgehead atoms. The highest BCUT2D eigenvalue weighted by Crippen LogP contribution is 2.20. The summed E-state index contributed by atoms with van der Waals surface area (Å²) in [6, 6.07) is 5.21. The van der Waals surface area contributed by atoms with E-state index in [9.17, 15) is 4.79 Å². The zero-order chi connectivity index (χ0) is 12.5. The Morgan fingerprint density at radius 3 is 3.06 bits per heavy atom. The predicted octanol–water partition coefficient (Wildman–Crippen LogP) is 3.13. The Labute approximate surface area is 108 Å². The molecule has 4 heteroatoms. The molecule has 2 aromatic rings. The Kier molecular flexibility index (Phi) is 2.56. The van der Waals surface area contributed by atoms with E-state index < -0.39 is 0 Å². The summed E-state index contributed by atoms with van der Waals surface area (Å²) >= 11 is 5.88. The summed E-state index contributed by atoms with van der Waals surface area (Å²) in [7, 11) is 0. The van der Waals surface area contributed by atoms with Crippen molar-refractivity contribution in [1.82, 2.24) is 4.98 Å². The van der Waals surface area contributed by atoms with E-state index in [1.807, 2.05) is 6.07 Å². The third-order valence-corrected chi connectivity index (χ3v) is 2.86. The van der Waals surface area contributed by atoms with Crippen molar-refractivity contribution in [2.24, 2.45) is 4.99 Å². The maximum absolute atomic E-state index is 12.4. The normalized spacial score (nSPS) is 12.5. The summed E-state index contributed by atoms with van der Waals surface area (Å²) in [4.78, 5) is 20.7. The minimum Gasteiger partial charge on any atom is -0.287 e. The highest BCUT2D eigenvalue weighted by molar-refractivity contribution is 6.31. The molecule has 1 aromatic carbocycles. The van der Waals surface area contributed by atoms with Gasteiger partial charge in [0.2, 0.25) is 5.43 Å². The molecule has 86 valence electrons. The van der Waals surface area contributed by atoms with E-state index in [1.54, 1.807) is 30.5 Å². The molecule has 1 aromatic heterocycles. The van der Waals surface area contributed by atoms with Gasteiger partial charge in [0, 0.05) is 18.0 Å².